The average molecular weight is 286 g/mol. The first-order chi connectivity index (χ1) is 9.84. The van der Waals surface area contributed by atoms with Crippen LogP contribution in [0.15, 0.2) is 47.9 Å². The lowest BCUT2D eigenvalue weighted by Crippen LogP contribution is -1.98. The van der Waals surface area contributed by atoms with Crippen LogP contribution in [0.4, 0.5) is 0 Å². The number of benzene rings is 1. The van der Waals surface area contributed by atoms with Gasteiger partial charge in [-0.15, -0.1) is 10.2 Å². The van der Waals surface area contributed by atoms with Gasteiger partial charge in [-0.25, -0.2) is 4.98 Å². The van der Waals surface area contributed by atoms with Gasteiger partial charge in [0.1, 0.15) is 0 Å². The van der Waals surface area contributed by atoms with Crippen molar-refractivity contribution in [2.75, 3.05) is 5.75 Å². The van der Waals surface area contributed by atoms with E-state index in [4.69, 9.17) is 0 Å². The third-order valence-corrected chi connectivity index (χ3v) is 3.99. The summed E-state index contributed by atoms with van der Waals surface area (Å²) in [6.45, 7) is 0. The maximum absolute atomic E-state index is 9.54. The second-order valence-corrected chi connectivity index (χ2v) is 5.43. The second kappa shape index (κ2) is 5.92. The monoisotopic (exact) mass is 286 g/mol. The van der Waals surface area contributed by atoms with E-state index in [2.05, 4.69) is 39.4 Å². The molecule has 2 aromatic heterocycles. The Morgan fingerprint density at radius 2 is 2.00 bits per heavy atom. The van der Waals surface area contributed by atoms with E-state index in [0.29, 0.717) is 5.65 Å². The molecule has 3 aromatic rings. The van der Waals surface area contributed by atoms with Gasteiger partial charge in [-0.05, 0) is 18.4 Å². The zero-order chi connectivity index (χ0) is 13.8. The molecular weight excluding hydrogens is 272 g/mol. The van der Waals surface area contributed by atoms with Gasteiger partial charge in [0, 0.05) is 18.1 Å². The topological polar surface area (TPSA) is 63.3 Å². The molecular formula is C14H14N4OS. The largest absolute Gasteiger partial charge is 0.490 e. The molecule has 20 heavy (non-hydrogen) atoms. The van der Waals surface area contributed by atoms with E-state index in [1.54, 1.807) is 28.6 Å². The van der Waals surface area contributed by atoms with Crippen molar-refractivity contribution in [3.05, 3.63) is 48.3 Å². The molecule has 102 valence electrons. The first-order valence-electron chi connectivity index (χ1n) is 6.40. The van der Waals surface area contributed by atoms with E-state index >= 15 is 0 Å². The molecule has 0 spiro atoms. The molecule has 6 heteroatoms. The van der Waals surface area contributed by atoms with Crippen LogP contribution in [0.1, 0.15) is 12.0 Å². The van der Waals surface area contributed by atoms with Crippen molar-refractivity contribution in [2.45, 2.75) is 18.0 Å². The summed E-state index contributed by atoms with van der Waals surface area (Å²) in [4.78, 5) is 4.05. The molecule has 1 N–H and O–H groups in total. The summed E-state index contributed by atoms with van der Waals surface area (Å²) in [7, 11) is 0. The summed E-state index contributed by atoms with van der Waals surface area (Å²) < 4.78 is 1.76. The van der Waals surface area contributed by atoms with E-state index in [0.717, 1.165) is 23.8 Å². The first-order valence-corrected chi connectivity index (χ1v) is 7.38. The van der Waals surface area contributed by atoms with Crippen LogP contribution in [0.3, 0.4) is 0 Å². The number of aromatic nitrogens is 4. The molecule has 0 unspecified atom stereocenters. The smallest absolute Gasteiger partial charge is 0.275 e. The molecule has 0 fully saturated rings. The number of nitrogens with zero attached hydrogens (tertiary/aromatic N) is 4. The van der Waals surface area contributed by atoms with E-state index in [9.17, 15) is 5.11 Å². The maximum Gasteiger partial charge on any atom is 0.275 e. The van der Waals surface area contributed by atoms with Crippen molar-refractivity contribution in [3.63, 3.8) is 0 Å². The minimum Gasteiger partial charge on any atom is -0.490 e. The summed E-state index contributed by atoms with van der Waals surface area (Å²) in [5.41, 5.74) is 1.79. The van der Waals surface area contributed by atoms with Gasteiger partial charge in [0.05, 0.1) is 0 Å². The predicted molar refractivity (Wildman–Crippen MR) is 77.9 cm³/mol. The van der Waals surface area contributed by atoms with Crippen LogP contribution in [-0.4, -0.2) is 30.4 Å². The average Bonchev–Trinajstić information content (AvgIpc) is 2.97. The Hall–Kier alpha value is -2.08. The fourth-order valence-electron chi connectivity index (χ4n) is 1.99. The molecule has 0 bridgehead atoms. The van der Waals surface area contributed by atoms with E-state index < -0.39 is 0 Å². The predicted octanol–water partition coefficient (Wildman–Crippen LogP) is 2.55. The highest BCUT2D eigenvalue weighted by Crippen LogP contribution is 2.21. The summed E-state index contributed by atoms with van der Waals surface area (Å²) >= 11 is 1.62. The molecule has 3 rings (SSSR count). The molecule has 5 nitrogen and oxygen atoms in total. The lowest BCUT2D eigenvalue weighted by Gasteiger charge is -2.04. The van der Waals surface area contributed by atoms with Gasteiger partial charge >= 0.3 is 0 Å². The Labute approximate surface area is 120 Å². The molecule has 0 aliphatic heterocycles. The first kappa shape index (κ1) is 12.9. The molecule has 0 saturated heterocycles. The van der Waals surface area contributed by atoms with Crippen LogP contribution < -0.4 is 0 Å². The number of hydrogen-bond donors (Lipinski definition) is 1. The number of hydrogen-bond acceptors (Lipinski definition) is 5. The maximum atomic E-state index is 9.54. The van der Waals surface area contributed by atoms with E-state index in [1.165, 1.54) is 5.56 Å². The highest BCUT2D eigenvalue weighted by Gasteiger charge is 2.08. The summed E-state index contributed by atoms with van der Waals surface area (Å²) in [6, 6.07) is 10.4. The van der Waals surface area contributed by atoms with Crippen molar-refractivity contribution in [1.29, 1.82) is 0 Å². The Balaban J connectivity index is 1.60. The molecule has 0 saturated carbocycles. The van der Waals surface area contributed by atoms with Crippen LogP contribution in [0.5, 0.6) is 5.88 Å². The molecule has 0 radical (unpaired) electrons. The Morgan fingerprint density at radius 1 is 1.15 bits per heavy atom. The Morgan fingerprint density at radius 3 is 2.85 bits per heavy atom. The summed E-state index contributed by atoms with van der Waals surface area (Å²) in [5.74, 6) is 0.811. The van der Waals surface area contributed by atoms with E-state index in [-0.39, 0.29) is 5.88 Å². The fourth-order valence-corrected chi connectivity index (χ4v) is 2.85. The highest BCUT2D eigenvalue weighted by atomic mass is 32.2. The minimum absolute atomic E-state index is 0.136. The zero-order valence-electron chi connectivity index (χ0n) is 10.8. The van der Waals surface area contributed by atoms with Gasteiger partial charge < -0.3 is 5.11 Å². The third-order valence-electron chi connectivity index (χ3n) is 2.96. The number of aromatic hydroxyl groups is 1. The van der Waals surface area contributed by atoms with Crippen LogP contribution in [0, 0.1) is 0 Å². The minimum atomic E-state index is -0.136. The van der Waals surface area contributed by atoms with Crippen molar-refractivity contribution in [2.24, 2.45) is 0 Å². The number of imidazole rings is 1. The molecule has 2 heterocycles. The molecule has 0 amide bonds. The van der Waals surface area contributed by atoms with Gasteiger partial charge in [0.15, 0.2) is 5.16 Å². The highest BCUT2D eigenvalue weighted by molar-refractivity contribution is 7.99. The van der Waals surface area contributed by atoms with Crippen molar-refractivity contribution >= 4 is 17.4 Å². The number of rotatable bonds is 5. The zero-order valence-corrected chi connectivity index (χ0v) is 11.6. The van der Waals surface area contributed by atoms with Crippen LogP contribution >= 0.6 is 11.8 Å². The third kappa shape index (κ3) is 2.75. The quantitative estimate of drug-likeness (QED) is 0.577. The van der Waals surface area contributed by atoms with Crippen LogP contribution in [-0.2, 0) is 6.42 Å². The lowest BCUT2D eigenvalue weighted by molar-refractivity contribution is 0.441. The summed E-state index contributed by atoms with van der Waals surface area (Å²) in [5, 5.41) is 18.0. The summed E-state index contributed by atoms with van der Waals surface area (Å²) in [6.07, 6.45) is 5.52. The standard InChI is InChI=1S/C14H14N4OS/c19-13-12-15-8-9-18(12)14(17-16-13)20-10-4-7-11-5-2-1-3-6-11/h1-3,5-6,8-9H,4,7,10H2,(H,16,19). The molecule has 0 aliphatic carbocycles. The Kier molecular flexibility index (Phi) is 3.83. The van der Waals surface area contributed by atoms with Gasteiger partial charge in [-0.3, -0.25) is 4.40 Å². The van der Waals surface area contributed by atoms with Crippen molar-refractivity contribution in [3.8, 4) is 5.88 Å². The van der Waals surface area contributed by atoms with Crippen LogP contribution in [0.2, 0.25) is 0 Å². The lowest BCUT2D eigenvalue weighted by atomic mass is 10.1. The second-order valence-electron chi connectivity index (χ2n) is 4.36. The normalized spacial score (nSPS) is 11.0. The van der Waals surface area contributed by atoms with Crippen molar-refractivity contribution < 1.29 is 5.11 Å². The fraction of sp³-hybridized carbons (Fsp3) is 0.214. The number of thioether (sulfide) groups is 1. The molecule has 1 aromatic carbocycles. The molecule has 0 atom stereocenters. The molecule has 0 aliphatic rings. The SMILES string of the molecule is Oc1nnc(SCCCc2ccccc2)n2ccnc12. The van der Waals surface area contributed by atoms with Gasteiger partial charge in [-0.1, -0.05) is 42.1 Å². The van der Waals surface area contributed by atoms with Gasteiger partial charge in [-0.2, -0.15) is 0 Å². The van der Waals surface area contributed by atoms with Crippen LogP contribution in [0.25, 0.3) is 5.65 Å². The number of aryl methyl sites for hydroxylation is 1. The van der Waals surface area contributed by atoms with E-state index in [1.807, 2.05) is 6.07 Å². The Bertz CT molecular complexity index is 699. The number of fused-ring (bicyclic) bond motifs is 1. The van der Waals surface area contributed by atoms with Crippen molar-refractivity contribution in [1.82, 2.24) is 19.6 Å². The van der Waals surface area contributed by atoms with Gasteiger partial charge in [0.2, 0.25) is 5.65 Å². The van der Waals surface area contributed by atoms with Gasteiger partial charge in [0.25, 0.3) is 5.88 Å².